The van der Waals surface area contributed by atoms with Crippen LogP contribution in [0.15, 0.2) is 58.4 Å². The minimum absolute atomic E-state index is 0.00691. The highest BCUT2D eigenvalue weighted by molar-refractivity contribution is 9.10. The van der Waals surface area contributed by atoms with Crippen LogP contribution in [0.5, 0.6) is 0 Å². The van der Waals surface area contributed by atoms with Crippen LogP contribution in [-0.4, -0.2) is 32.0 Å². The molecule has 0 unspecified atom stereocenters. The first-order valence-corrected chi connectivity index (χ1v) is 10.5. The number of amides is 1. The highest BCUT2D eigenvalue weighted by Crippen LogP contribution is 2.24. The van der Waals surface area contributed by atoms with Crippen LogP contribution in [0, 0.1) is 5.82 Å². The number of rotatable bonds is 6. The first-order chi connectivity index (χ1) is 12.1. The van der Waals surface area contributed by atoms with Crippen LogP contribution in [0.2, 0.25) is 5.02 Å². The van der Waals surface area contributed by atoms with Gasteiger partial charge in [0.15, 0.2) is 9.84 Å². The highest BCUT2D eigenvalue weighted by Gasteiger charge is 2.20. The summed E-state index contributed by atoms with van der Waals surface area (Å²) in [7, 11) is -3.59. The molecule has 2 rings (SSSR count). The van der Waals surface area contributed by atoms with Crippen LogP contribution >= 0.6 is 27.5 Å². The van der Waals surface area contributed by atoms with Crippen molar-refractivity contribution < 1.29 is 17.6 Å². The number of carbonyl (C=O) groups is 1. The molecule has 0 saturated carbocycles. The van der Waals surface area contributed by atoms with E-state index in [0.717, 1.165) is 6.26 Å². The van der Waals surface area contributed by atoms with E-state index in [1.54, 1.807) is 12.1 Å². The minimum atomic E-state index is -3.59. The van der Waals surface area contributed by atoms with Gasteiger partial charge in [-0.25, -0.2) is 12.8 Å². The lowest BCUT2D eigenvalue weighted by Crippen LogP contribution is -2.31. The SMILES string of the molecule is C=CCN(Cc1cc(Br)ccc1F)C(=O)c1ccc(Cl)c(S(C)(=O)=O)c1. The van der Waals surface area contributed by atoms with Crippen molar-refractivity contribution in [3.05, 3.63) is 75.5 Å². The third-order valence-corrected chi connectivity index (χ3v) is 5.65. The first-order valence-electron chi connectivity index (χ1n) is 7.47. The molecule has 0 N–H and O–H groups in total. The topological polar surface area (TPSA) is 54.5 Å². The zero-order valence-corrected chi connectivity index (χ0v) is 17.0. The Kier molecular flexibility index (Phi) is 6.60. The summed E-state index contributed by atoms with van der Waals surface area (Å²) >= 11 is 9.19. The van der Waals surface area contributed by atoms with Crippen LogP contribution < -0.4 is 0 Å². The van der Waals surface area contributed by atoms with Gasteiger partial charge in [0.1, 0.15) is 5.82 Å². The van der Waals surface area contributed by atoms with E-state index in [1.165, 1.54) is 35.2 Å². The minimum Gasteiger partial charge on any atom is -0.330 e. The van der Waals surface area contributed by atoms with Crippen molar-refractivity contribution in [2.45, 2.75) is 11.4 Å². The Morgan fingerprint density at radius 3 is 2.62 bits per heavy atom. The smallest absolute Gasteiger partial charge is 0.254 e. The molecule has 0 radical (unpaired) electrons. The molecule has 4 nitrogen and oxygen atoms in total. The Bertz CT molecular complexity index is 963. The fraction of sp³-hybridized carbons (Fsp3) is 0.167. The molecule has 2 aromatic carbocycles. The molecule has 0 heterocycles. The molecule has 0 aromatic heterocycles. The summed E-state index contributed by atoms with van der Waals surface area (Å²) in [5.74, 6) is -0.895. The summed E-state index contributed by atoms with van der Waals surface area (Å²) in [6.45, 7) is 3.79. The van der Waals surface area contributed by atoms with Crippen molar-refractivity contribution in [2.75, 3.05) is 12.8 Å². The number of nitrogens with zero attached hydrogens (tertiary/aromatic N) is 1. The van der Waals surface area contributed by atoms with Crippen LogP contribution in [0.1, 0.15) is 15.9 Å². The molecule has 0 atom stereocenters. The quantitative estimate of drug-likeness (QED) is 0.598. The zero-order valence-electron chi connectivity index (χ0n) is 13.9. The maximum Gasteiger partial charge on any atom is 0.254 e. The van der Waals surface area contributed by atoms with E-state index in [4.69, 9.17) is 11.6 Å². The van der Waals surface area contributed by atoms with Crippen LogP contribution in [-0.2, 0) is 16.4 Å². The first kappa shape index (κ1) is 20.6. The fourth-order valence-corrected chi connectivity index (χ4v) is 4.06. The summed E-state index contributed by atoms with van der Waals surface area (Å²) in [6, 6.07) is 8.48. The molecule has 138 valence electrons. The van der Waals surface area contributed by atoms with E-state index in [9.17, 15) is 17.6 Å². The standard InChI is InChI=1S/C18H16BrClFNO3S/c1-3-8-22(11-13-9-14(19)5-7-16(13)21)18(23)12-4-6-15(20)17(10-12)26(2,24)25/h3-7,9-10H,1,8,11H2,2H3. The number of hydrogen-bond donors (Lipinski definition) is 0. The Morgan fingerprint density at radius 1 is 1.31 bits per heavy atom. The third-order valence-electron chi connectivity index (χ3n) is 3.58. The van der Waals surface area contributed by atoms with Crippen molar-refractivity contribution in [2.24, 2.45) is 0 Å². The second-order valence-electron chi connectivity index (χ2n) is 5.63. The maximum atomic E-state index is 14.0. The van der Waals surface area contributed by atoms with Gasteiger partial charge in [-0.05, 0) is 36.4 Å². The average molecular weight is 461 g/mol. The van der Waals surface area contributed by atoms with E-state index >= 15 is 0 Å². The highest BCUT2D eigenvalue weighted by atomic mass is 79.9. The fourth-order valence-electron chi connectivity index (χ4n) is 2.35. The third kappa shape index (κ3) is 4.93. The van der Waals surface area contributed by atoms with Gasteiger partial charge in [0.05, 0.1) is 9.92 Å². The molecule has 0 aliphatic heterocycles. The summed E-state index contributed by atoms with van der Waals surface area (Å²) in [5, 5.41) is 0.0392. The maximum absolute atomic E-state index is 14.0. The normalized spacial score (nSPS) is 11.2. The van der Waals surface area contributed by atoms with E-state index in [1.807, 2.05) is 0 Å². The largest absolute Gasteiger partial charge is 0.330 e. The van der Waals surface area contributed by atoms with Gasteiger partial charge in [-0.1, -0.05) is 33.6 Å². The number of sulfone groups is 1. The number of halogens is 3. The Morgan fingerprint density at radius 2 is 2.00 bits per heavy atom. The predicted molar refractivity (Wildman–Crippen MR) is 104 cm³/mol. The van der Waals surface area contributed by atoms with Crippen LogP contribution in [0.25, 0.3) is 0 Å². The molecule has 0 spiro atoms. The van der Waals surface area contributed by atoms with Gasteiger partial charge in [0.25, 0.3) is 5.91 Å². The molecule has 0 fully saturated rings. The number of hydrogen-bond acceptors (Lipinski definition) is 3. The Balaban J connectivity index is 2.40. The summed E-state index contributed by atoms with van der Waals surface area (Å²) in [5.41, 5.74) is 0.471. The van der Waals surface area contributed by atoms with Gasteiger partial charge in [-0.15, -0.1) is 6.58 Å². The van der Waals surface area contributed by atoms with Crippen molar-refractivity contribution in [3.8, 4) is 0 Å². The zero-order chi connectivity index (χ0) is 19.5. The Labute approximate surface area is 165 Å². The van der Waals surface area contributed by atoms with E-state index in [-0.39, 0.29) is 28.6 Å². The summed E-state index contributed by atoms with van der Waals surface area (Å²) < 4.78 is 38.3. The molecular formula is C18H16BrClFNO3S. The van der Waals surface area contributed by atoms with Crippen LogP contribution in [0.4, 0.5) is 4.39 Å². The number of benzene rings is 2. The summed E-state index contributed by atoms with van der Waals surface area (Å²) in [4.78, 5) is 14.1. The van der Waals surface area contributed by atoms with Crippen molar-refractivity contribution in [3.63, 3.8) is 0 Å². The van der Waals surface area contributed by atoms with Crippen molar-refractivity contribution in [1.82, 2.24) is 4.90 Å². The van der Waals surface area contributed by atoms with Crippen molar-refractivity contribution in [1.29, 1.82) is 0 Å². The lowest BCUT2D eigenvalue weighted by atomic mass is 10.1. The van der Waals surface area contributed by atoms with Gasteiger partial charge in [0, 0.05) is 34.9 Å². The van der Waals surface area contributed by atoms with E-state index < -0.39 is 21.6 Å². The van der Waals surface area contributed by atoms with Gasteiger partial charge < -0.3 is 4.90 Å². The molecule has 0 aliphatic carbocycles. The molecule has 8 heteroatoms. The Hall–Kier alpha value is -1.70. The second-order valence-corrected chi connectivity index (χ2v) is 8.93. The molecule has 2 aromatic rings. The van der Waals surface area contributed by atoms with Gasteiger partial charge >= 0.3 is 0 Å². The summed E-state index contributed by atoms with van der Waals surface area (Å²) in [6.07, 6.45) is 2.53. The number of carbonyl (C=O) groups excluding carboxylic acids is 1. The average Bonchev–Trinajstić information content (AvgIpc) is 2.56. The van der Waals surface area contributed by atoms with Gasteiger partial charge in [-0.2, -0.15) is 0 Å². The molecule has 1 amide bonds. The predicted octanol–water partition coefficient (Wildman–Crippen LogP) is 4.47. The molecule has 0 bridgehead atoms. The lowest BCUT2D eigenvalue weighted by molar-refractivity contribution is 0.0761. The molecule has 0 aliphatic rings. The van der Waals surface area contributed by atoms with E-state index in [0.29, 0.717) is 10.0 Å². The monoisotopic (exact) mass is 459 g/mol. The second kappa shape index (κ2) is 8.33. The molecular weight excluding hydrogens is 445 g/mol. The molecule has 0 saturated heterocycles. The lowest BCUT2D eigenvalue weighted by Gasteiger charge is -2.22. The molecule has 26 heavy (non-hydrogen) atoms. The van der Waals surface area contributed by atoms with Crippen molar-refractivity contribution >= 4 is 43.3 Å². The van der Waals surface area contributed by atoms with Crippen LogP contribution in [0.3, 0.4) is 0 Å². The van der Waals surface area contributed by atoms with E-state index in [2.05, 4.69) is 22.5 Å². The van der Waals surface area contributed by atoms with Gasteiger partial charge in [0.2, 0.25) is 0 Å². The van der Waals surface area contributed by atoms with Gasteiger partial charge in [-0.3, -0.25) is 4.79 Å².